The maximum Gasteiger partial charge on any atom is 0.257 e. The van der Waals surface area contributed by atoms with E-state index in [-0.39, 0.29) is 11.8 Å². The molecule has 186 valence electrons. The van der Waals surface area contributed by atoms with Crippen molar-refractivity contribution in [2.45, 2.75) is 32.7 Å². The van der Waals surface area contributed by atoms with Crippen LogP contribution in [-0.4, -0.2) is 50.8 Å². The van der Waals surface area contributed by atoms with Crippen molar-refractivity contribution in [1.29, 1.82) is 0 Å². The molecule has 1 fully saturated rings. The highest BCUT2D eigenvalue weighted by Gasteiger charge is 2.22. The molecule has 2 amide bonds. The Bertz CT molecular complexity index is 1520. The Morgan fingerprint density at radius 3 is 2.70 bits per heavy atom. The van der Waals surface area contributed by atoms with Crippen LogP contribution < -0.4 is 10.6 Å². The number of anilines is 2. The van der Waals surface area contributed by atoms with E-state index in [1.165, 1.54) is 6.20 Å². The molecule has 8 heteroatoms. The number of carbonyl (C=O) groups excluding carboxylic acids is 2. The fourth-order valence-corrected chi connectivity index (χ4v) is 4.40. The van der Waals surface area contributed by atoms with Gasteiger partial charge in [-0.2, -0.15) is 0 Å². The van der Waals surface area contributed by atoms with Crippen LogP contribution in [0.25, 0.3) is 11.0 Å². The van der Waals surface area contributed by atoms with Crippen molar-refractivity contribution >= 4 is 34.2 Å². The van der Waals surface area contributed by atoms with Crippen molar-refractivity contribution in [2.24, 2.45) is 0 Å². The highest BCUT2D eigenvalue weighted by atomic mass is 16.2. The van der Waals surface area contributed by atoms with Crippen LogP contribution >= 0.6 is 0 Å². The van der Waals surface area contributed by atoms with Crippen LogP contribution in [0.1, 0.15) is 47.1 Å². The van der Waals surface area contributed by atoms with E-state index in [0.717, 1.165) is 36.0 Å². The van der Waals surface area contributed by atoms with E-state index in [2.05, 4.69) is 49.3 Å². The van der Waals surface area contributed by atoms with Crippen LogP contribution in [-0.2, 0) is 4.79 Å². The zero-order valence-corrected chi connectivity index (χ0v) is 20.8. The number of pyridine rings is 2. The molecule has 0 saturated carbocycles. The zero-order valence-electron chi connectivity index (χ0n) is 20.8. The van der Waals surface area contributed by atoms with Crippen molar-refractivity contribution in [3.8, 4) is 11.8 Å². The molecule has 0 unspecified atom stereocenters. The molecular formula is C29H28N6O2. The molecule has 3 N–H and O–H groups in total. The van der Waals surface area contributed by atoms with Crippen LogP contribution in [0.15, 0.2) is 60.9 Å². The average Bonchev–Trinajstić information content (AvgIpc) is 3.50. The molecule has 0 aliphatic carbocycles. The van der Waals surface area contributed by atoms with E-state index in [1.54, 1.807) is 25.3 Å². The number of hydrogen-bond acceptors (Lipinski definition) is 5. The number of aromatic nitrogens is 3. The van der Waals surface area contributed by atoms with Gasteiger partial charge in [-0.1, -0.05) is 24.1 Å². The van der Waals surface area contributed by atoms with Gasteiger partial charge in [-0.3, -0.25) is 19.5 Å². The fourth-order valence-electron chi connectivity index (χ4n) is 4.40. The quantitative estimate of drug-likeness (QED) is 0.360. The smallest absolute Gasteiger partial charge is 0.257 e. The first kappa shape index (κ1) is 24.2. The van der Waals surface area contributed by atoms with Crippen LogP contribution in [0, 0.1) is 18.8 Å². The summed E-state index contributed by atoms with van der Waals surface area (Å²) in [5, 5.41) is 6.58. The Kier molecular flexibility index (Phi) is 6.97. The minimum Gasteiger partial charge on any atom is -0.333 e. The van der Waals surface area contributed by atoms with Crippen LogP contribution in [0.3, 0.4) is 0 Å². The second-order valence-corrected chi connectivity index (χ2v) is 9.28. The number of nitrogens with zero attached hydrogens (tertiary/aromatic N) is 3. The van der Waals surface area contributed by atoms with Gasteiger partial charge in [0, 0.05) is 23.2 Å². The molecule has 1 atom stereocenters. The lowest BCUT2D eigenvalue weighted by molar-refractivity contribution is -0.117. The van der Waals surface area contributed by atoms with Crippen molar-refractivity contribution < 1.29 is 9.59 Å². The van der Waals surface area contributed by atoms with Gasteiger partial charge in [0.05, 0.1) is 41.1 Å². The summed E-state index contributed by atoms with van der Waals surface area (Å²) in [5.74, 6) is 5.81. The van der Waals surface area contributed by atoms with E-state index in [0.29, 0.717) is 40.9 Å². The summed E-state index contributed by atoms with van der Waals surface area (Å²) in [6.45, 7) is 5.22. The third-order valence-corrected chi connectivity index (χ3v) is 6.50. The lowest BCUT2D eigenvalue weighted by atomic mass is 10.2. The number of rotatable bonds is 5. The lowest BCUT2D eigenvalue weighted by Crippen LogP contribution is -2.35. The van der Waals surface area contributed by atoms with Gasteiger partial charge < -0.3 is 15.6 Å². The molecule has 1 aromatic carbocycles. The molecule has 4 heterocycles. The van der Waals surface area contributed by atoms with E-state index in [1.807, 2.05) is 36.4 Å². The first-order valence-corrected chi connectivity index (χ1v) is 12.3. The van der Waals surface area contributed by atoms with Gasteiger partial charge in [0.1, 0.15) is 5.65 Å². The molecule has 1 aliphatic heterocycles. The maximum atomic E-state index is 13.0. The number of aromatic amines is 1. The summed E-state index contributed by atoms with van der Waals surface area (Å²) >= 11 is 0. The average molecular weight is 493 g/mol. The summed E-state index contributed by atoms with van der Waals surface area (Å²) in [5.41, 5.74) is 4.42. The van der Waals surface area contributed by atoms with Gasteiger partial charge in [0.25, 0.3) is 5.91 Å². The van der Waals surface area contributed by atoms with Crippen molar-refractivity contribution in [3.05, 3.63) is 83.4 Å². The summed E-state index contributed by atoms with van der Waals surface area (Å²) in [7, 11) is 0. The third kappa shape index (κ3) is 5.85. The third-order valence-electron chi connectivity index (χ3n) is 6.50. The maximum absolute atomic E-state index is 13.0. The SMILES string of the molecule is Cc1ncc(NC(=O)CN2CCC[C@@H]2C)cc1NC(=O)c1cnc2[nH]c(C#Cc3ccccc3)cc2c1. The topological polar surface area (TPSA) is 103 Å². The second kappa shape index (κ2) is 10.6. The summed E-state index contributed by atoms with van der Waals surface area (Å²) in [6, 6.07) is 15.5. The highest BCUT2D eigenvalue weighted by molar-refractivity contribution is 6.06. The van der Waals surface area contributed by atoms with Crippen LogP contribution in [0.5, 0.6) is 0 Å². The lowest BCUT2D eigenvalue weighted by Gasteiger charge is -2.20. The first-order chi connectivity index (χ1) is 17.9. The van der Waals surface area contributed by atoms with Gasteiger partial charge in [-0.25, -0.2) is 4.98 Å². The molecule has 1 aliphatic rings. The molecule has 0 radical (unpaired) electrons. The number of fused-ring (bicyclic) bond motifs is 1. The monoisotopic (exact) mass is 492 g/mol. The number of amides is 2. The second-order valence-electron chi connectivity index (χ2n) is 9.28. The molecule has 8 nitrogen and oxygen atoms in total. The van der Waals surface area contributed by atoms with Crippen molar-refractivity contribution in [3.63, 3.8) is 0 Å². The Labute approximate surface area is 215 Å². The highest BCUT2D eigenvalue weighted by Crippen LogP contribution is 2.21. The zero-order chi connectivity index (χ0) is 25.8. The summed E-state index contributed by atoms with van der Waals surface area (Å²) in [6.07, 6.45) is 5.35. The number of H-pyrrole nitrogens is 1. The Morgan fingerprint density at radius 1 is 1.08 bits per heavy atom. The minimum absolute atomic E-state index is 0.0926. The first-order valence-electron chi connectivity index (χ1n) is 12.3. The Hall–Kier alpha value is -4.48. The Morgan fingerprint density at radius 2 is 1.92 bits per heavy atom. The van der Waals surface area contributed by atoms with Crippen molar-refractivity contribution in [1.82, 2.24) is 19.9 Å². The minimum atomic E-state index is -0.313. The number of aryl methyl sites for hydroxylation is 1. The Balaban J connectivity index is 1.27. The molecular weight excluding hydrogens is 464 g/mol. The van der Waals surface area contributed by atoms with Gasteiger partial charge in [-0.05, 0) is 69.5 Å². The van der Waals surface area contributed by atoms with Crippen LogP contribution in [0.2, 0.25) is 0 Å². The normalized spacial score (nSPS) is 15.2. The number of likely N-dealkylation sites (tertiary alicyclic amines) is 1. The van der Waals surface area contributed by atoms with E-state index in [9.17, 15) is 9.59 Å². The predicted octanol–water partition coefficient (Wildman–Crippen LogP) is 4.34. The van der Waals surface area contributed by atoms with E-state index in [4.69, 9.17) is 0 Å². The largest absolute Gasteiger partial charge is 0.333 e. The van der Waals surface area contributed by atoms with E-state index < -0.39 is 0 Å². The number of nitrogens with one attached hydrogen (secondary N) is 3. The standard InChI is InChI=1S/C29H28N6O2/c1-19-7-6-12-35(19)18-27(36)32-25-15-26(20(2)30-17-25)34-29(37)23-13-22-14-24(33-28(22)31-16-23)11-10-21-8-4-3-5-9-21/h3-5,8-9,13-17,19H,6-7,12,18H2,1-2H3,(H,31,33)(H,32,36)(H,34,37)/t19-/m0/s1. The molecule has 5 rings (SSSR count). The number of hydrogen-bond donors (Lipinski definition) is 3. The van der Waals surface area contributed by atoms with Gasteiger partial charge in [0.2, 0.25) is 5.91 Å². The van der Waals surface area contributed by atoms with Gasteiger partial charge >= 0.3 is 0 Å². The number of benzene rings is 1. The molecule has 0 spiro atoms. The molecule has 3 aromatic heterocycles. The molecule has 1 saturated heterocycles. The summed E-state index contributed by atoms with van der Waals surface area (Å²) in [4.78, 5) is 39.6. The fraction of sp³-hybridized carbons (Fsp3) is 0.241. The van der Waals surface area contributed by atoms with Gasteiger partial charge in [0.15, 0.2) is 0 Å². The number of carbonyl (C=O) groups is 2. The summed E-state index contributed by atoms with van der Waals surface area (Å²) < 4.78 is 0. The van der Waals surface area contributed by atoms with Gasteiger partial charge in [-0.15, -0.1) is 0 Å². The van der Waals surface area contributed by atoms with Crippen molar-refractivity contribution in [2.75, 3.05) is 23.7 Å². The molecule has 37 heavy (non-hydrogen) atoms. The van der Waals surface area contributed by atoms with Crippen LogP contribution in [0.4, 0.5) is 11.4 Å². The molecule has 4 aromatic rings. The predicted molar refractivity (Wildman–Crippen MR) is 144 cm³/mol. The molecule has 0 bridgehead atoms. The van der Waals surface area contributed by atoms with E-state index >= 15 is 0 Å².